The van der Waals surface area contributed by atoms with Gasteiger partial charge in [0.2, 0.25) is 0 Å². The van der Waals surface area contributed by atoms with Gasteiger partial charge in [0.15, 0.2) is 5.88 Å². The van der Waals surface area contributed by atoms with E-state index in [1.54, 1.807) is 18.2 Å². The van der Waals surface area contributed by atoms with Gasteiger partial charge in [0, 0.05) is 28.3 Å². The molecule has 3 heterocycles. The molecule has 0 unspecified atom stereocenters. The number of aromatic hydroxyl groups is 1. The van der Waals surface area contributed by atoms with Crippen LogP contribution in [0.25, 0.3) is 32.7 Å². The Morgan fingerprint density at radius 3 is 2.50 bits per heavy atom. The second-order valence-corrected chi connectivity index (χ2v) is 7.25. The van der Waals surface area contributed by atoms with E-state index in [0.29, 0.717) is 33.6 Å². The third kappa shape index (κ3) is 2.41. The van der Waals surface area contributed by atoms with Crippen molar-refractivity contribution < 1.29 is 5.11 Å². The number of aromatic amines is 2. The third-order valence-corrected chi connectivity index (χ3v) is 5.59. The first-order valence-corrected chi connectivity index (χ1v) is 9.31. The molecule has 0 bridgehead atoms. The molecule has 3 aliphatic rings. The Morgan fingerprint density at radius 1 is 0.964 bits per heavy atom. The highest BCUT2D eigenvalue weighted by Gasteiger charge is 2.23. The fourth-order valence-electron chi connectivity index (χ4n) is 4.26. The van der Waals surface area contributed by atoms with Crippen molar-refractivity contribution in [3.05, 3.63) is 54.6 Å². The highest BCUT2D eigenvalue weighted by molar-refractivity contribution is 6.15. The zero-order valence-corrected chi connectivity index (χ0v) is 15.0. The van der Waals surface area contributed by atoms with Gasteiger partial charge in [-0.15, -0.1) is 0 Å². The molecule has 8 nitrogen and oxygen atoms in total. The Labute approximate surface area is 157 Å². The summed E-state index contributed by atoms with van der Waals surface area (Å²) in [6, 6.07) is 4.69. The van der Waals surface area contributed by atoms with Crippen molar-refractivity contribution in [1.82, 2.24) is 14.9 Å². The molecule has 1 saturated heterocycles. The second-order valence-electron chi connectivity index (χ2n) is 7.25. The average Bonchev–Trinajstić information content (AvgIpc) is 3.18. The van der Waals surface area contributed by atoms with Crippen molar-refractivity contribution >= 4 is 21.5 Å². The van der Waals surface area contributed by atoms with Crippen LogP contribution in [0.1, 0.15) is 12.8 Å². The summed E-state index contributed by atoms with van der Waals surface area (Å²) in [5.41, 5.74) is -0.854. The number of likely N-dealkylation sites (tertiary alicyclic amines) is 1. The van der Waals surface area contributed by atoms with Gasteiger partial charge in [0.05, 0.1) is 22.9 Å². The van der Waals surface area contributed by atoms with Crippen molar-refractivity contribution in [2.24, 2.45) is 4.99 Å². The van der Waals surface area contributed by atoms with E-state index in [1.807, 2.05) is 0 Å². The highest BCUT2D eigenvalue weighted by Crippen LogP contribution is 2.35. The number of nitrogens with zero attached hydrogens (tertiary/aromatic N) is 2. The van der Waals surface area contributed by atoms with Crippen LogP contribution >= 0.6 is 0 Å². The maximum absolute atomic E-state index is 12.7. The van der Waals surface area contributed by atoms with E-state index in [0.717, 1.165) is 19.6 Å². The molecular weight excluding hydrogens is 360 g/mol. The Hall–Kier alpha value is -3.26. The van der Waals surface area contributed by atoms with Crippen molar-refractivity contribution in [3.63, 3.8) is 0 Å². The molecule has 0 radical (unpaired) electrons. The van der Waals surface area contributed by atoms with Gasteiger partial charge in [-0.2, -0.15) is 0 Å². The Balaban J connectivity index is 1.85. The lowest BCUT2D eigenvalue weighted by molar-refractivity contribution is 0.348. The van der Waals surface area contributed by atoms with Crippen LogP contribution in [0.5, 0.6) is 5.88 Å². The smallest absolute Gasteiger partial charge is 0.260 e. The minimum atomic E-state index is -0.525. The van der Waals surface area contributed by atoms with Crippen LogP contribution in [-0.4, -0.2) is 46.2 Å². The maximum atomic E-state index is 12.7. The normalized spacial score (nSPS) is 16.2. The summed E-state index contributed by atoms with van der Waals surface area (Å²) >= 11 is 0. The van der Waals surface area contributed by atoms with Gasteiger partial charge in [-0.3, -0.25) is 29.3 Å². The van der Waals surface area contributed by atoms with Crippen LogP contribution in [0.3, 0.4) is 0 Å². The van der Waals surface area contributed by atoms with Gasteiger partial charge < -0.3 is 10.0 Å². The van der Waals surface area contributed by atoms with Crippen molar-refractivity contribution in [3.8, 4) is 17.0 Å². The Morgan fingerprint density at radius 2 is 1.71 bits per heavy atom. The highest BCUT2D eigenvalue weighted by atomic mass is 16.3. The fourth-order valence-corrected chi connectivity index (χ4v) is 4.26. The summed E-state index contributed by atoms with van der Waals surface area (Å²) in [6.45, 7) is 3.37. The molecule has 3 N–H and O–H groups in total. The number of rotatable bonds is 3. The molecule has 8 heteroatoms. The molecule has 1 aromatic carbocycles. The average molecular weight is 378 g/mol. The van der Waals surface area contributed by atoms with E-state index >= 15 is 0 Å². The summed E-state index contributed by atoms with van der Waals surface area (Å²) < 4.78 is 0. The summed E-state index contributed by atoms with van der Waals surface area (Å²) in [7, 11) is 0. The Bertz CT molecular complexity index is 1400. The lowest BCUT2D eigenvalue weighted by Gasteiger charge is -2.15. The van der Waals surface area contributed by atoms with Crippen LogP contribution in [0, 0.1) is 0 Å². The predicted octanol–water partition coefficient (Wildman–Crippen LogP) is 0.412. The summed E-state index contributed by atoms with van der Waals surface area (Å²) in [5, 5.41) is 12.0. The largest absolute Gasteiger partial charge is 0.494 e. The quantitative estimate of drug-likeness (QED) is 0.446. The molecule has 1 aliphatic carbocycles. The molecule has 0 spiro atoms. The minimum absolute atomic E-state index is 0.289. The standard InChI is InChI=1S/C20H18N4O4/c25-17-10-3-4-11-15-14(10)12(19(27)22-17)9-13(16(15)20(28)23-18(11)26)21-5-8-24-6-1-2-7-24/h3-4,9H,1-2,5-8H2,(H,22,25,27)(H2,23,26,28). The molecule has 142 valence electrons. The topological polar surface area (TPSA) is 119 Å². The first kappa shape index (κ1) is 16.9. The maximum Gasteiger partial charge on any atom is 0.260 e. The number of hydrogen-bond acceptors (Lipinski definition) is 6. The second kappa shape index (κ2) is 6.13. The molecule has 5 rings (SSSR count). The number of nitrogens with one attached hydrogen (secondary N) is 2. The van der Waals surface area contributed by atoms with E-state index < -0.39 is 16.7 Å². The van der Waals surface area contributed by atoms with Crippen LogP contribution in [-0.2, 0) is 0 Å². The molecule has 0 amide bonds. The van der Waals surface area contributed by atoms with Crippen LogP contribution < -0.4 is 22.0 Å². The van der Waals surface area contributed by atoms with Gasteiger partial charge in [-0.25, -0.2) is 0 Å². The lowest BCUT2D eigenvalue weighted by atomic mass is 9.91. The minimum Gasteiger partial charge on any atom is -0.494 e. The fraction of sp³-hybridized carbons (Fsp3) is 0.300. The molecule has 2 aliphatic heterocycles. The molecule has 1 fully saturated rings. The zero-order chi connectivity index (χ0) is 19.4. The molecular formula is C20H18N4O4. The first-order valence-electron chi connectivity index (χ1n) is 9.31. The van der Waals surface area contributed by atoms with E-state index in [-0.39, 0.29) is 16.8 Å². The van der Waals surface area contributed by atoms with Crippen molar-refractivity contribution in [2.75, 3.05) is 26.2 Å². The number of pyridine rings is 2. The van der Waals surface area contributed by atoms with Gasteiger partial charge >= 0.3 is 0 Å². The number of hydrogen-bond donors (Lipinski definition) is 3. The van der Waals surface area contributed by atoms with Gasteiger partial charge in [0.1, 0.15) is 0 Å². The number of aromatic nitrogens is 2. The van der Waals surface area contributed by atoms with Crippen molar-refractivity contribution in [1.29, 1.82) is 0 Å². The molecule has 1 aromatic heterocycles. The third-order valence-electron chi connectivity index (χ3n) is 5.59. The van der Waals surface area contributed by atoms with Crippen molar-refractivity contribution in [2.45, 2.75) is 12.8 Å². The van der Waals surface area contributed by atoms with Gasteiger partial charge in [0.25, 0.3) is 16.7 Å². The van der Waals surface area contributed by atoms with Crippen LogP contribution in [0.4, 0.5) is 0 Å². The first-order chi connectivity index (χ1) is 13.5. The van der Waals surface area contributed by atoms with Gasteiger partial charge in [-0.1, -0.05) is 0 Å². The zero-order valence-electron chi connectivity index (χ0n) is 15.0. The molecule has 28 heavy (non-hydrogen) atoms. The van der Waals surface area contributed by atoms with Crippen LogP contribution in [0.15, 0.2) is 37.6 Å². The Kier molecular flexibility index (Phi) is 3.70. The molecule has 2 aromatic rings. The van der Waals surface area contributed by atoms with Crippen LogP contribution in [0.2, 0.25) is 0 Å². The van der Waals surface area contributed by atoms with E-state index in [4.69, 9.17) is 0 Å². The SMILES string of the molecule is O=c1[nH]c(=O)c2ccc3c(O)[nH]c(=O)c4c(=NCCN5CCCC5)cc1-c2c34. The van der Waals surface area contributed by atoms with Gasteiger partial charge in [-0.05, 0) is 44.1 Å². The monoisotopic (exact) mass is 378 g/mol. The van der Waals surface area contributed by atoms with E-state index in [1.165, 1.54) is 12.8 Å². The lowest BCUT2D eigenvalue weighted by Crippen LogP contribution is -2.27. The summed E-state index contributed by atoms with van der Waals surface area (Å²) in [5.74, 6) is -0.289. The van der Waals surface area contributed by atoms with E-state index in [2.05, 4.69) is 19.9 Å². The molecule has 0 atom stereocenters. The summed E-state index contributed by atoms with van der Waals surface area (Å²) in [4.78, 5) is 49.1. The summed E-state index contributed by atoms with van der Waals surface area (Å²) in [6.07, 6.45) is 2.37. The van der Waals surface area contributed by atoms with E-state index in [9.17, 15) is 19.5 Å². The molecule has 0 saturated carbocycles. The number of H-pyrrole nitrogens is 2. The predicted molar refractivity (Wildman–Crippen MR) is 106 cm³/mol. The number of benzene rings is 2.